The molecule has 21 heavy (non-hydrogen) atoms. The van der Waals surface area contributed by atoms with Crippen molar-refractivity contribution in [3.8, 4) is 5.75 Å². The predicted molar refractivity (Wildman–Crippen MR) is 77.6 cm³/mol. The Kier molecular flexibility index (Phi) is 5.56. The van der Waals surface area contributed by atoms with Crippen molar-refractivity contribution in [3.05, 3.63) is 30.1 Å². The Hall–Kier alpha value is -1.62. The third-order valence-electron chi connectivity index (χ3n) is 3.90. The first-order valence-electron chi connectivity index (χ1n) is 7.44. The Morgan fingerprint density at radius 2 is 1.95 bits per heavy atom. The van der Waals surface area contributed by atoms with E-state index < -0.39 is 5.54 Å². The highest BCUT2D eigenvalue weighted by Gasteiger charge is 2.34. The van der Waals surface area contributed by atoms with Crippen molar-refractivity contribution in [3.63, 3.8) is 0 Å². The van der Waals surface area contributed by atoms with Crippen LogP contribution in [0.1, 0.15) is 38.5 Å². The smallest absolute Gasteiger partial charge is 0.220 e. The highest BCUT2D eigenvalue weighted by molar-refractivity contribution is 5.76. The number of benzene rings is 1. The van der Waals surface area contributed by atoms with Crippen LogP contribution in [-0.4, -0.2) is 29.8 Å². The molecule has 0 unspecified atom stereocenters. The summed E-state index contributed by atoms with van der Waals surface area (Å²) in [5.41, 5.74) is -0.408. The van der Waals surface area contributed by atoms with Gasteiger partial charge in [-0.3, -0.25) is 4.79 Å². The molecule has 116 valence electrons. The molecule has 4 nitrogen and oxygen atoms in total. The minimum absolute atomic E-state index is 0.00478. The summed E-state index contributed by atoms with van der Waals surface area (Å²) in [5, 5.41) is 12.4. The van der Waals surface area contributed by atoms with Crippen LogP contribution in [0.4, 0.5) is 4.39 Å². The van der Waals surface area contributed by atoms with Crippen LogP contribution in [0.3, 0.4) is 0 Å². The molecule has 0 spiro atoms. The van der Waals surface area contributed by atoms with Crippen LogP contribution in [0.2, 0.25) is 0 Å². The average molecular weight is 295 g/mol. The van der Waals surface area contributed by atoms with Gasteiger partial charge in [-0.15, -0.1) is 0 Å². The molecule has 1 amide bonds. The van der Waals surface area contributed by atoms with Crippen LogP contribution in [0.25, 0.3) is 0 Å². The number of carbonyl (C=O) groups is 1. The monoisotopic (exact) mass is 295 g/mol. The number of hydrogen-bond acceptors (Lipinski definition) is 3. The third-order valence-corrected chi connectivity index (χ3v) is 3.90. The summed E-state index contributed by atoms with van der Waals surface area (Å²) < 4.78 is 18.2. The van der Waals surface area contributed by atoms with Gasteiger partial charge in [0.15, 0.2) is 0 Å². The summed E-state index contributed by atoms with van der Waals surface area (Å²) in [4.78, 5) is 11.9. The van der Waals surface area contributed by atoms with E-state index in [-0.39, 0.29) is 18.3 Å². The van der Waals surface area contributed by atoms with E-state index in [1.165, 1.54) is 12.1 Å². The van der Waals surface area contributed by atoms with Crippen molar-refractivity contribution >= 4 is 5.91 Å². The van der Waals surface area contributed by atoms with E-state index in [2.05, 4.69) is 5.32 Å². The zero-order valence-corrected chi connectivity index (χ0v) is 12.1. The Bertz CT molecular complexity index is 455. The second-order valence-electron chi connectivity index (χ2n) is 5.60. The lowest BCUT2D eigenvalue weighted by Crippen LogP contribution is -2.49. The minimum Gasteiger partial charge on any atom is -0.494 e. The van der Waals surface area contributed by atoms with Gasteiger partial charge in [-0.25, -0.2) is 4.39 Å². The Balaban J connectivity index is 1.66. The number of carbonyl (C=O) groups excluding carboxylic acids is 1. The summed E-state index contributed by atoms with van der Waals surface area (Å²) >= 11 is 0. The first-order chi connectivity index (χ1) is 10.1. The zero-order valence-electron chi connectivity index (χ0n) is 12.1. The highest BCUT2D eigenvalue weighted by Crippen LogP contribution is 2.29. The molecule has 1 aromatic rings. The van der Waals surface area contributed by atoms with E-state index >= 15 is 0 Å². The molecule has 0 aromatic heterocycles. The van der Waals surface area contributed by atoms with Crippen molar-refractivity contribution in [2.24, 2.45) is 0 Å². The maximum absolute atomic E-state index is 12.7. The third kappa shape index (κ3) is 4.70. The van der Waals surface area contributed by atoms with Gasteiger partial charge in [-0.1, -0.05) is 12.8 Å². The van der Waals surface area contributed by atoms with E-state index in [4.69, 9.17) is 4.74 Å². The number of halogens is 1. The molecule has 0 radical (unpaired) electrons. The van der Waals surface area contributed by atoms with Crippen LogP contribution in [0.15, 0.2) is 24.3 Å². The number of ether oxygens (including phenoxy) is 1. The number of nitrogens with one attached hydrogen (secondary N) is 1. The van der Waals surface area contributed by atoms with Gasteiger partial charge in [0.1, 0.15) is 11.6 Å². The molecule has 1 aromatic carbocycles. The molecule has 1 saturated carbocycles. The van der Waals surface area contributed by atoms with Crippen LogP contribution in [-0.2, 0) is 4.79 Å². The van der Waals surface area contributed by atoms with Crippen LogP contribution in [0, 0.1) is 5.82 Å². The average Bonchev–Trinajstić information content (AvgIpc) is 2.94. The van der Waals surface area contributed by atoms with E-state index in [1.807, 2.05) is 0 Å². The van der Waals surface area contributed by atoms with Gasteiger partial charge in [-0.2, -0.15) is 0 Å². The van der Waals surface area contributed by atoms with E-state index in [1.54, 1.807) is 12.1 Å². The molecule has 0 bridgehead atoms. The fraction of sp³-hybridized carbons (Fsp3) is 0.562. The van der Waals surface area contributed by atoms with Gasteiger partial charge in [0.05, 0.1) is 18.8 Å². The largest absolute Gasteiger partial charge is 0.494 e. The molecular formula is C16H22FNO3. The van der Waals surface area contributed by atoms with E-state index in [9.17, 15) is 14.3 Å². The fourth-order valence-corrected chi connectivity index (χ4v) is 2.69. The van der Waals surface area contributed by atoms with Gasteiger partial charge in [0, 0.05) is 6.42 Å². The highest BCUT2D eigenvalue weighted by atomic mass is 19.1. The zero-order chi connectivity index (χ0) is 15.1. The number of rotatable bonds is 7. The number of aliphatic hydroxyl groups is 1. The minimum atomic E-state index is -0.408. The molecule has 1 aliphatic carbocycles. The summed E-state index contributed by atoms with van der Waals surface area (Å²) in [7, 11) is 0. The van der Waals surface area contributed by atoms with Crippen molar-refractivity contribution in [1.29, 1.82) is 0 Å². The van der Waals surface area contributed by atoms with Crippen molar-refractivity contribution in [1.82, 2.24) is 5.32 Å². The number of hydrogen-bond donors (Lipinski definition) is 2. The number of amides is 1. The molecule has 0 saturated heterocycles. The molecule has 2 rings (SSSR count). The molecular weight excluding hydrogens is 273 g/mol. The second kappa shape index (κ2) is 7.41. The SMILES string of the molecule is O=C(CCCOc1ccc(F)cc1)NC1(CO)CCCC1. The lowest BCUT2D eigenvalue weighted by atomic mass is 9.98. The predicted octanol–water partition coefficient (Wildman–Crippen LogP) is 2.41. The molecule has 0 heterocycles. The summed E-state index contributed by atoms with van der Waals surface area (Å²) in [6.07, 6.45) is 4.75. The van der Waals surface area contributed by atoms with Crippen molar-refractivity contribution in [2.75, 3.05) is 13.2 Å². The molecule has 0 atom stereocenters. The van der Waals surface area contributed by atoms with Crippen molar-refractivity contribution in [2.45, 2.75) is 44.1 Å². The Morgan fingerprint density at radius 3 is 2.57 bits per heavy atom. The van der Waals surface area contributed by atoms with Crippen LogP contribution in [0.5, 0.6) is 5.75 Å². The molecule has 1 aliphatic rings. The summed E-state index contributed by atoms with van der Waals surface area (Å²) in [6, 6.07) is 5.81. The standard InChI is InChI=1S/C16H22FNO3/c17-13-5-7-14(8-6-13)21-11-3-4-15(20)18-16(12-19)9-1-2-10-16/h5-8,19H,1-4,9-12H2,(H,18,20). The molecule has 0 aliphatic heterocycles. The lowest BCUT2D eigenvalue weighted by Gasteiger charge is -2.28. The Labute approximate surface area is 124 Å². The van der Waals surface area contributed by atoms with Gasteiger partial charge in [0.2, 0.25) is 5.91 Å². The van der Waals surface area contributed by atoms with Crippen molar-refractivity contribution < 1.29 is 19.0 Å². The Morgan fingerprint density at radius 1 is 1.29 bits per heavy atom. The summed E-state index contributed by atoms with van der Waals surface area (Å²) in [6.45, 7) is 0.413. The fourth-order valence-electron chi connectivity index (χ4n) is 2.69. The van der Waals surface area contributed by atoms with E-state index in [0.29, 0.717) is 25.2 Å². The first-order valence-corrected chi connectivity index (χ1v) is 7.44. The van der Waals surface area contributed by atoms with Gasteiger partial charge < -0.3 is 15.2 Å². The topological polar surface area (TPSA) is 58.6 Å². The molecule has 5 heteroatoms. The molecule has 2 N–H and O–H groups in total. The van der Waals surface area contributed by atoms with Gasteiger partial charge in [-0.05, 0) is 43.5 Å². The molecule has 1 fully saturated rings. The quantitative estimate of drug-likeness (QED) is 0.759. The number of aliphatic hydroxyl groups excluding tert-OH is 1. The van der Waals surface area contributed by atoms with Crippen LogP contribution < -0.4 is 10.1 Å². The maximum Gasteiger partial charge on any atom is 0.220 e. The first kappa shape index (κ1) is 15.8. The van der Waals surface area contributed by atoms with Crippen LogP contribution >= 0.6 is 0 Å². The van der Waals surface area contributed by atoms with E-state index in [0.717, 1.165) is 25.7 Å². The van der Waals surface area contributed by atoms with Gasteiger partial charge in [0.25, 0.3) is 0 Å². The van der Waals surface area contributed by atoms with Gasteiger partial charge >= 0.3 is 0 Å². The summed E-state index contributed by atoms with van der Waals surface area (Å²) in [5.74, 6) is 0.251. The maximum atomic E-state index is 12.7. The second-order valence-corrected chi connectivity index (χ2v) is 5.60. The normalized spacial score (nSPS) is 16.7. The lowest BCUT2D eigenvalue weighted by molar-refractivity contribution is -0.123.